The van der Waals surface area contributed by atoms with Crippen LogP contribution in [0.15, 0.2) is 23.1 Å². The lowest BCUT2D eigenvalue weighted by molar-refractivity contribution is 0.345. The van der Waals surface area contributed by atoms with Gasteiger partial charge >= 0.3 is 0 Å². The maximum Gasteiger partial charge on any atom is 0.243 e. The van der Waals surface area contributed by atoms with Crippen molar-refractivity contribution >= 4 is 19.9 Å². The van der Waals surface area contributed by atoms with Crippen molar-refractivity contribution in [2.45, 2.75) is 43.8 Å². The minimum absolute atomic E-state index is 0.0543. The van der Waals surface area contributed by atoms with Crippen molar-refractivity contribution in [2.24, 2.45) is 5.92 Å². The van der Waals surface area contributed by atoms with Crippen LogP contribution >= 0.6 is 0 Å². The molecule has 8 heteroatoms. The first-order valence-electron chi connectivity index (χ1n) is 8.02. The lowest BCUT2D eigenvalue weighted by Gasteiger charge is -2.31. The molecule has 1 aliphatic rings. The van der Waals surface area contributed by atoms with E-state index in [9.17, 15) is 21.2 Å². The Labute approximate surface area is 143 Å². The van der Waals surface area contributed by atoms with Crippen molar-refractivity contribution in [2.75, 3.05) is 18.8 Å². The van der Waals surface area contributed by atoms with Gasteiger partial charge in [-0.05, 0) is 49.4 Å². The summed E-state index contributed by atoms with van der Waals surface area (Å²) < 4.78 is 64.5. The Balaban J connectivity index is 2.14. The standard InChI is InChI=1S/C16H24FNO4S2/c1-12(2)11-23(19,20)15-6-8-18(9-7-15)24(21,22)16-5-4-14(17)10-13(16)3/h4-5,10,12,15H,6-9,11H2,1-3H3. The van der Waals surface area contributed by atoms with E-state index in [1.54, 1.807) is 6.92 Å². The number of sulfonamides is 1. The van der Waals surface area contributed by atoms with Crippen molar-refractivity contribution in [3.63, 3.8) is 0 Å². The predicted molar refractivity (Wildman–Crippen MR) is 91.5 cm³/mol. The fourth-order valence-electron chi connectivity index (χ4n) is 3.07. The van der Waals surface area contributed by atoms with E-state index in [1.807, 2.05) is 13.8 Å². The molecule has 0 amide bonds. The summed E-state index contributed by atoms with van der Waals surface area (Å²) in [4.78, 5) is 0.0763. The Morgan fingerprint density at radius 3 is 2.25 bits per heavy atom. The zero-order chi connectivity index (χ0) is 18.1. The van der Waals surface area contributed by atoms with Crippen LogP contribution in [-0.4, -0.2) is 45.2 Å². The molecule has 1 saturated heterocycles. The van der Waals surface area contributed by atoms with E-state index in [2.05, 4.69) is 0 Å². The third-order valence-corrected chi connectivity index (χ3v) is 8.91. The number of benzene rings is 1. The maximum atomic E-state index is 13.2. The average Bonchev–Trinajstić information content (AvgIpc) is 2.45. The highest BCUT2D eigenvalue weighted by atomic mass is 32.2. The van der Waals surface area contributed by atoms with Gasteiger partial charge in [0.25, 0.3) is 0 Å². The molecule has 24 heavy (non-hydrogen) atoms. The van der Waals surface area contributed by atoms with Gasteiger partial charge in [-0.1, -0.05) is 13.8 Å². The smallest absolute Gasteiger partial charge is 0.229 e. The van der Waals surface area contributed by atoms with E-state index >= 15 is 0 Å². The third kappa shape index (κ3) is 4.15. The molecule has 0 N–H and O–H groups in total. The van der Waals surface area contributed by atoms with Crippen LogP contribution in [-0.2, 0) is 19.9 Å². The van der Waals surface area contributed by atoms with Gasteiger partial charge in [0.1, 0.15) is 5.82 Å². The molecule has 0 saturated carbocycles. The number of hydrogen-bond acceptors (Lipinski definition) is 4. The summed E-state index contributed by atoms with van der Waals surface area (Å²) in [5.74, 6) is -0.301. The summed E-state index contributed by atoms with van der Waals surface area (Å²) >= 11 is 0. The van der Waals surface area contributed by atoms with E-state index in [1.165, 1.54) is 16.4 Å². The Hall–Kier alpha value is -0.990. The van der Waals surface area contributed by atoms with Crippen molar-refractivity contribution in [3.8, 4) is 0 Å². The van der Waals surface area contributed by atoms with Crippen molar-refractivity contribution in [1.29, 1.82) is 0 Å². The van der Waals surface area contributed by atoms with Gasteiger partial charge in [-0.15, -0.1) is 0 Å². The number of rotatable bonds is 5. The quantitative estimate of drug-likeness (QED) is 0.790. The molecule has 2 rings (SSSR count). The van der Waals surface area contributed by atoms with Crippen LogP contribution in [0.4, 0.5) is 4.39 Å². The molecular weight excluding hydrogens is 353 g/mol. The van der Waals surface area contributed by atoms with E-state index in [0.29, 0.717) is 18.4 Å². The molecule has 1 heterocycles. The summed E-state index contributed by atoms with van der Waals surface area (Å²) in [6, 6.07) is 3.58. The lowest BCUT2D eigenvalue weighted by Crippen LogP contribution is -2.43. The second-order valence-electron chi connectivity index (χ2n) is 6.74. The highest BCUT2D eigenvalue weighted by molar-refractivity contribution is 7.92. The SMILES string of the molecule is Cc1cc(F)ccc1S(=O)(=O)N1CCC(S(=O)(=O)CC(C)C)CC1. The summed E-state index contributed by atoms with van der Waals surface area (Å²) in [6.07, 6.45) is 0.600. The first-order valence-corrected chi connectivity index (χ1v) is 11.2. The second-order valence-corrected chi connectivity index (χ2v) is 11.0. The minimum atomic E-state index is -3.73. The Bertz CT molecular complexity index is 795. The van der Waals surface area contributed by atoms with Gasteiger partial charge in [0, 0.05) is 13.1 Å². The van der Waals surface area contributed by atoms with E-state index in [-0.39, 0.29) is 29.7 Å². The fraction of sp³-hybridized carbons (Fsp3) is 0.625. The van der Waals surface area contributed by atoms with Crippen LogP contribution in [0.25, 0.3) is 0 Å². The van der Waals surface area contributed by atoms with Crippen molar-refractivity contribution in [3.05, 3.63) is 29.6 Å². The highest BCUT2D eigenvalue weighted by Crippen LogP contribution is 2.26. The number of sulfone groups is 1. The molecule has 0 atom stereocenters. The predicted octanol–water partition coefficient (Wildman–Crippen LogP) is 2.36. The molecule has 0 bridgehead atoms. The second kappa shape index (κ2) is 7.09. The van der Waals surface area contributed by atoms with Crippen LogP contribution in [0, 0.1) is 18.7 Å². The third-order valence-electron chi connectivity index (χ3n) is 4.23. The first kappa shape index (κ1) is 19.3. The largest absolute Gasteiger partial charge is 0.243 e. The van der Waals surface area contributed by atoms with Gasteiger partial charge in [-0.3, -0.25) is 0 Å². The fourth-order valence-corrected chi connectivity index (χ4v) is 6.88. The van der Waals surface area contributed by atoms with Crippen LogP contribution < -0.4 is 0 Å². The number of hydrogen-bond donors (Lipinski definition) is 0. The number of halogens is 1. The van der Waals surface area contributed by atoms with E-state index in [0.717, 1.165) is 6.07 Å². The molecule has 136 valence electrons. The monoisotopic (exact) mass is 377 g/mol. The molecule has 0 spiro atoms. The number of aryl methyl sites for hydroxylation is 1. The molecule has 5 nitrogen and oxygen atoms in total. The molecule has 0 aromatic heterocycles. The van der Waals surface area contributed by atoms with E-state index in [4.69, 9.17) is 0 Å². The summed E-state index contributed by atoms with van der Waals surface area (Å²) in [5.41, 5.74) is 0.351. The molecule has 1 aliphatic heterocycles. The van der Waals surface area contributed by atoms with Crippen LogP contribution in [0.1, 0.15) is 32.3 Å². The Kier molecular flexibility index (Phi) is 5.71. The summed E-state index contributed by atoms with van der Waals surface area (Å²) in [5, 5.41) is -0.485. The first-order chi connectivity index (χ1) is 11.0. The summed E-state index contributed by atoms with van der Waals surface area (Å²) in [7, 11) is -6.93. The van der Waals surface area contributed by atoms with Crippen LogP contribution in [0.3, 0.4) is 0 Å². The van der Waals surface area contributed by atoms with Gasteiger partial charge in [0.15, 0.2) is 9.84 Å². The molecule has 1 aromatic carbocycles. The van der Waals surface area contributed by atoms with Crippen molar-refractivity contribution < 1.29 is 21.2 Å². The molecule has 0 radical (unpaired) electrons. The lowest BCUT2D eigenvalue weighted by atomic mass is 10.2. The molecular formula is C16H24FNO4S2. The maximum absolute atomic E-state index is 13.2. The molecule has 0 unspecified atom stereocenters. The van der Waals surface area contributed by atoms with Gasteiger partial charge in [0.2, 0.25) is 10.0 Å². The van der Waals surface area contributed by atoms with Gasteiger partial charge in [-0.25, -0.2) is 21.2 Å². The molecule has 0 aliphatic carbocycles. The van der Waals surface area contributed by atoms with E-state index < -0.39 is 30.9 Å². The van der Waals surface area contributed by atoms with Gasteiger partial charge < -0.3 is 0 Å². The minimum Gasteiger partial charge on any atom is -0.229 e. The normalized spacial score (nSPS) is 18.2. The Morgan fingerprint density at radius 1 is 1.17 bits per heavy atom. The van der Waals surface area contributed by atoms with Crippen LogP contribution in [0.5, 0.6) is 0 Å². The van der Waals surface area contributed by atoms with Gasteiger partial charge in [0.05, 0.1) is 15.9 Å². The zero-order valence-corrected chi connectivity index (χ0v) is 15.8. The molecule has 1 aromatic rings. The average molecular weight is 378 g/mol. The summed E-state index contributed by atoms with van der Waals surface area (Å²) in [6.45, 7) is 5.60. The highest BCUT2D eigenvalue weighted by Gasteiger charge is 2.35. The van der Waals surface area contributed by atoms with Crippen LogP contribution in [0.2, 0.25) is 0 Å². The molecule has 1 fully saturated rings. The van der Waals surface area contributed by atoms with Crippen molar-refractivity contribution in [1.82, 2.24) is 4.31 Å². The Morgan fingerprint density at radius 2 is 1.75 bits per heavy atom. The topological polar surface area (TPSA) is 71.5 Å². The zero-order valence-electron chi connectivity index (χ0n) is 14.2. The number of nitrogens with zero attached hydrogens (tertiary/aromatic N) is 1. The number of piperidine rings is 1. The van der Waals surface area contributed by atoms with Gasteiger partial charge in [-0.2, -0.15) is 4.31 Å².